The number of rotatable bonds is 5. The molecule has 10 nitrogen and oxygen atoms in total. The van der Waals surface area contributed by atoms with Gasteiger partial charge in [-0.2, -0.15) is 0 Å². The van der Waals surface area contributed by atoms with Gasteiger partial charge in [0.05, 0.1) is 19.0 Å². The van der Waals surface area contributed by atoms with Gasteiger partial charge in [-0.1, -0.05) is 0 Å². The monoisotopic (exact) mass is 336 g/mol. The molecule has 0 radical (unpaired) electrons. The van der Waals surface area contributed by atoms with Crippen LogP contribution in [0.4, 0.5) is 5.82 Å². The van der Waals surface area contributed by atoms with E-state index in [-0.39, 0.29) is 13.0 Å². The fourth-order valence-electron chi connectivity index (χ4n) is 3.04. The van der Waals surface area contributed by atoms with Crippen molar-refractivity contribution in [2.75, 3.05) is 25.6 Å². The predicted octanol–water partition coefficient (Wildman–Crippen LogP) is -1.37. The van der Waals surface area contributed by atoms with E-state index >= 15 is 0 Å². The van der Waals surface area contributed by atoms with Crippen LogP contribution in [0.3, 0.4) is 0 Å². The van der Waals surface area contributed by atoms with Crippen molar-refractivity contribution in [2.24, 2.45) is 11.7 Å². The SMILES string of the molecule is CN(C)c1ncnc2c1ncn2C1OC(CO)C(CC(N)=O)C1O. The first-order chi connectivity index (χ1) is 11.4. The number of aliphatic hydroxyl groups excluding tert-OH is 2. The lowest BCUT2D eigenvalue weighted by molar-refractivity contribution is -0.120. The van der Waals surface area contributed by atoms with Gasteiger partial charge in [0, 0.05) is 26.4 Å². The maximum absolute atomic E-state index is 11.2. The first kappa shape index (κ1) is 16.6. The van der Waals surface area contributed by atoms with Crippen LogP contribution in [-0.2, 0) is 9.53 Å². The van der Waals surface area contributed by atoms with E-state index in [1.54, 1.807) is 9.47 Å². The highest BCUT2D eigenvalue weighted by Gasteiger charge is 2.45. The van der Waals surface area contributed by atoms with Gasteiger partial charge in [0.15, 0.2) is 23.2 Å². The van der Waals surface area contributed by atoms with Crippen molar-refractivity contribution in [2.45, 2.75) is 24.9 Å². The first-order valence-corrected chi connectivity index (χ1v) is 7.51. The molecule has 24 heavy (non-hydrogen) atoms. The van der Waals surface area contributed by atoms with Crippen LogP contribution >= 0.6 is 0 Å². The van der Waals surface area contributed by atoms with E-state index in [0.29, 0.717) is 17.0 Å². The minimum atomic E-state index is -1.02. The molecule has 1 fully saturated rings. The van der Waals surface area contributed by atoms with Crippen molar-refractivity contribution in [3.05, 3.63) is 12.7 Å². The summed E-state index contributed by atoms with van der Waals surface area (Å²) in [5.74, 6) is -0.516. The highest BCUT2D eigenvalue weighted by molar-refractivity contribution is 5.83. The molecule has 1 aliphatic rings. The molecule has 0 aromatic carbocycles. The van der Waals surface area contributed by atoms with Gasteiger partial charge in [-0.3, -0.25) is 9.36 Å². The zero-order chi connectivity index (χ0) is 17.4. The maximum atomic E-state index is 11.2. The minimum Gasteiger partial charge on any atom is -0.394 e. The zero-order valence-electron chi connectivity index (χ0n) is 13.4. The summed E-state index contributed by atoms with van der Waals surface area (Å²) in [5, 5.41) is 20.0. The molecule has 0 aliphatic carbocycles. The lowest BCUT2D eigenvalue weighted by Crippen LogP contribution is -2.32. The Bertz CT molecular complexity index is 748. The summed E-state index contributed by atoms with van der Waals surface area (Å²) in [4.78, 5) is 25.7. The van der Waals surface area contributed by atoms with Gasteiger partial charge in [0.25, 0.3) is 0 Å². The topological polar surface area (TPSA) is 140 Å². The number of nitrogens with zero attached hydrogens (tertiary/aromatic N) is 5. The molecule has 3 heterocycles. The Balaban J connectivity index is 1.99. The first-order valence-electron chi connectivity index (χ1n) is 7.51. The van der Waals surface area contributed by atoms with Gasteiger partial charge in [0.1, 0.15) is 12.4 Å². The van der Waals surface area contributed by atoms with E-state index < -0.39 is 30.3 Å². The molecule has 0 saturated carbocycles. The van der Waals surface area contributed by atoms with Crippen LogP contribution in [0.25, 0.3) is 11.2 Å². The molecule has 2 aromatic heterocycles. The molecule has 1 amide bonds. The molecule has 0 spiro atoms. The molecule has 10 heteroatoms. The van der Waals surface area contributed by atoms with E-state index in [2.05, 4.69) is 15.0 Å². The Morgan fingerprint density at radius 1 is 1.42 bits per heavy atom. The summed E-state index contributed by atoms with van der Waals surface area (Å²) >= 11 is 0. The second-order valence-electron chi connectivity index (χ2n) is 5.99. The molecule has 2 aromatic rings. The third kappa shape index (κ3) is 2.68. The fraction of sp³-hybridized carbons (Fsp3) is 0.571. The number of ether oxygens (including phenoxy) is 1. The predicted molar refractivity (Wildman–Crippen MR) is 84.0 cm³/mol. The molecule has 0 bridgehead atoms. The van der Waals surface area contributed by atoms with E-state index in [0.717, 1.165) is 0 Å². The van der Waals surface area contributed by atoms with Crippen molar-refractivity contribution in [3.63, 3.8) is 0 Å². The van der Waals surface area contributed by atoms with Gasteiger partial charge in [-0.05, 0) is 0 Å². The summed E-state index contributed by atoms with van der Waals surface area (Å²) in [6.07, 6.45) is 0.299. The Labute approximate surface area is 137 Å². The lowest BCUT2D eigenvalue weighted by atomic mass is 9.94. The third-order valence-electron chi connectivity index (χ3n) is 4.18. The lowest BCUT2D eigenvalue weighted by Gasteiger charge is -2.18. The number of carbonyl (C=O) groups is 1. The molecular weight excluding hydrogens is 316 g/mol. The van der Waals surface area contributed by atoms with E-state index in [1.165, 1.54) is 12.7 Å². The summed E-state index contributed by atoms with van der Waals surface area (Å²) < 4.78 is 7.31. The number of hydrogen-bond acceptors (Lipinski definition) is 8. The number of aromatic nitrogens is 4. The molecule has 130 valence electrons. The number of hydrogen-bond donors (Lipinski definition) is 3. The van der Waals surface area contributed by atoms with Crippen molar-refractivity contribution in [3.8, 4) is 0 Å². The quantitative estimate of drug-likeness (QED) is 0.608. The van der Waals surface area contributed by atoms with Crippen LogP contribution < -0.4 is 10.6 Å². The molecule has 1 saturated heterocycles. The zero-order valence-corrected chi connectivity index (χ0v) is 13.4. The van der Waals surface area contributed by atoms with Gasteiger partial charge < -0.3 is 25.6 Å². The molecule has 1 aliphatic heterocycles. The number of primary amides is 1. The molecule has 3 rings (SSSR count). The second kappa shape index (κ2) is 6.30. The number of carbonyl (C=O) groups excluding carboxylic acids is 1. The fourth-order valence-corrected chi connectivity index (χ4v) is 3.04. The van der Waals surface area contributed by atoms with Crippen LogP contribution in [0.2, 0.25) is 0 Å². The van der Waals surface area contributed by atoms with Crippen LogP contribution in [0.1, 0.15) is 12.6 Å². The molecule has 4 N–H and O–H groups in total. The van der Waals surface area contributed by atoms with Gasteiger partial charge in [0.2, 0.25) is 5.91 Å². The average Bonchev–Trinajstić information content (AvgIpc) is 3.08. The molecule has 4 atom stereocenters. The minimum absolute atomic E-state index is 0.0759. The Morgan fingerprint density at radius 2 is 2.17 bits per heavy atom. The number of imidazole rings is 1. The van der Waals surface area contributed by atoms with Crippen molar-refractivity contribution >= 4 is 22.9 Å². The number of amides is 1. The standard InChI is InChI=1S/C14H20N6O4/c1-19(2)12-10-13(17-5-16-12)20(6-18-10)14-11(23)7(3-9(15)22)8(4-21)24-14/h5-8,11,14,21,23H,3-4H2,1-2H3,(H2,15,22). The summed E-state index contributed by atoms with van der Waals surface area (Å²) in [6.45, 7) is -0.323. The van der Waals surface area contributed by atoms with Crippen molar-refractivity contribution in [1.82, 2.24) is 19.5 Å². The maximum Gasteiger partial charge on any atom is 0.217 e. The normalized spacial score (nSPS) is 26.8. The third-order valence-corrected chi connectivity index (χ3v) is 4.18. The van der Waals surface area contributed by atoms with Gasteiger partial charge in [-0.15, -0.1) is 0 Å². The van der Waals surface area contributed by atoms with Crippen LogP contribution in [0.15, 0.2) is 12.7 Å². The largest absolute Gasteiger partial charge is 0.394 e. The highest BCUT2D eigenvalue weighted by atomic mass is 16.5. The van der Waals surface area contributed by atoms with Crippen molar-refractivity contribution < 1.29 is 19.7 Å². The highest BCUT2D eigenvalue weighted by Crippen LogP contribution is 2.37. The second-order valence-corrected chi connectivity index (χ2v) is 5.99. The van der Waals surface area contributed by atoms with Crippen molar-refractivity contribution in [1.29, 1.82) is 0 Å². The number of fused-ring (bicyclic) bond motifs is 1. The van der Waals surface area contributed by atoms with E-state index in [4.69, 9.17) is 10.5 Å². The number of aliphatic hydroxyl groups is 2. The Hall–Kier alpha value is -2.30. The summed E-state index contributed by atoms with van der Waals surface area (Å²) in [7, 11) is 3.68. The number of nitrogens with two attached hydrogens (primary N) is 1. The van der Waals surface area contributed by atoms with E-state index in [9.17, 15) is 15.0 Å². The van der Waals surface area contributed by atoms with E-state index in [1.807, 2.05) is 14.1 Å². The van der Waals surface area contributed by atoms with Crippen LogP contribution in [0.5, 0.6) is 0 Å². The van der Waals surface area contributed by atoms with Crippen LogP contribution in [-0.4, -0.2) is 68.5 Å². The van der Waals surface area contributed by atoms with Gasteiger partial charge in [-0.25, -0.2) is 15.0 Å². The summed E-state index contributed by atoms with van der Waals surface area (Å²) in [5.41, 5.74) is 6.29. The molecular formula is C14H20N6O4. The Morgan fingerprint density at radius 3 is 2.79 bits per heavy atom. The van der Waals surface area contributed by atoms with Gasteiger partial charge >= 0.3 is 0 Å². The Kier molecular flexibility index (Phi) is 4.35. The smallest absolute Gasteiger partial charge is 0.217 e. The molecule has 4 unspecified atom stereocenters. The summed E-state index contributed by atoms with van der Waals surface area (Å²) in [6, 6.07) is 0. The number of anilines is 1. The average molecular weight is 336 g/mol. The van der Waals surface area contributed by atoms with Crippen LogP contribution in [0, 0.1) is 5.92 Å².